The minimum atomic E-state index is -1.04. The van der Waals surface area contributed by atoms with Crippen LogP contribution in [0.25, 0.3) is 22.1 Å². The number of benzene rings is 1. The molecule has 0 amide bonds. The van der Waals surface area contributed by atoms with Crippen LogP contribution in [-0.2, 0) is 0 Å². The molecule has 2 aromatic heterocycles. The third-order valence-electron chi connectivity index (χ3n) is 2.49. The van der Waals surface area contributed by atoms with Crippen LogP contribution in [0, 0.1) is 30.9 Å². The largest absolute Gasteiger partial charge is 0.590 e. The number of nitrogens with zero attached hydrogens (tertiary/aromatic N) is 9. The van der Waals surface area contributed by atoms with Crippen molar-refractivity contribution in [2.24, 2.45) is 0 Å². The predicted octanol–water partition coefficient (Wildman–Crippen LogP) is -3.99. The zero-order valence-corrected chi connectivity index (χ0v) is 9.55. The van der Waals surface area contributed by atoms with E-state index in [4.69, 9.17) is 0 Å². The molecule has 15 nitrogen and oxygen atoms in total. The second-order valence-corrected chi connectivity index (χ2v) is 3.65. The van der Waals surface area contributed by atoms with Gasteiger partial charge in [0.1, 0.15) is 9.92 Å². The lowest BCUT2D eigenvalue weighted by Gasteiger charge is -1.99. The van der Waals surface area contributed by atoms with Crippen LogP contribution in [0.15, 0.2) is 6.07 Å². The molecule has 0 bridgehead atoms. The van der Waals surface area contributed by atoms with Crippen molar-refractivity contribution in [2.45, 2.75) is 0 Å². The van der Waals surface area contributed by atoms with Gasteiger partial charge in [0.15, 0.2) is 0 Å². The summed E-state index contributed by atoms with van der Waals surface area (Å²) in [5, 5.41) is 68.2. The molecule has 0 aliphatic heterocycles. The summed E-state index contributed by atoms with van der Waals surface area (Å²) in [4.78, 5) is 8.70. The van der Waals surface area contributed by atoms with Crippen LogP contribution in [0.1, 0.15) is 0 Å². The van der Waals surface area contributed by atoms with E-state index in [1.54, 1.807) is 0 Å². The van der Waals surface area contributed by atoms with E-state index >= 15 is 0 Å². The summed E-state index contributed by atoms with van der Waals surface area (Å²) in [5.41, 5.74) is -3.37. The molecule has 0 unspecified atom stereocenters. The second-order valence-electron chi connectivity index (χ2n) is 3.65. The minimum Gasteiger partial charge on any atom is -0.590 e. The van der Waals surface area contributed by atoms with Crippen LogP contribution in [-0.4, -0.2) is 25.5 Å². The lowest BCUT2D eigenvalue weighted by Crippen LogP contribution is -2.52. The number of hydrogen-bond donors (Lipinski definition) is 0. The molecule has 0 radical (unpaired) electrons. The van der Waals surface area contributed by atoms with E-state index in [1.165, 1.54) is 0 Å². The monoisotopic (exact) mass is 295 g/mol. The van der Waals surface area contributed by atoms with Crippen molar-refractivity contribution < 1.29 is 24.5 Å². The fourth-order valence-corrected chi connectivity index (χ4v) is 1.73. The Labute approximate surface area is 111 Å². The van der Waals surface area contributed by atoms with Gasteiger partial charge in [-0.05, 0) is 0 Å². The Hall–Kier alpha value is -3.78. The van der Waals surface area contributed by atoms with Gasteiger partial charge < -0.3 is 20.8 Å². The Morgan fingerprint density at radius 2 is 1.33 bits per heavy atom. The normalized spacial score (nSPS) is 11.0. The van der Waals surface area contributed by atoms with Crippen molar-refractivity contribution in [2.75, 3.05) is 0 Å². The Kier molecular flexibility index (Phi) is 2.25. The third kappa shape index (κ3) is 1.68. The zero-order chi connectivity index (χ0) is 15.3. The maximum atomic E-state index is 11.5. The molecule has 0 N–H and O–H groups in total. The van der Waals surface area contributed by atoms with Crippen molar-refractivity contribution in [1.82, 2.24) is 20.6 Å². The first-order chi connectivity index (χ1) is 9.88. The van der Waals surface area contributed by atoms with Gasteiger partial charge in [0, 0.05) is 9.69 Å². The van der Waals surface area contributed by atoms with Crippen LogP contribution in [0.5, 0.6) is 0 Å². The van der Waals surface area contributed by atoms with Gasteiger partial charge in [0.05, 0.1) is 21.2 Å². The summed E-state index contributed by atoms with van der Waals surface area (Å²) >= 11 is 0. The summed E-state index contributed by atoms with van der Waals surface area (Å²) in [6.07, 6.45) is 0. The smallest absolute Gasteiger partial charge is 0.347 e. The second kappa shape index (κ2) is 3.85. The van der Waals surface area contributed by atoms with Crippen LogP contribution >= 0.6 is 0 Å². The van der Waals surface area contributed by atoms with E-state index in [0.29, 0.717) is 0 Å². The highest BCUT2D eigenvalue weighted by Gasteiger charge is 2.35. The lowest BCUT2D eigenvalue weighted by atomic mass is 10.2. The number of fused-ring (bicyclic) bond motifs is 2. The highest BCUT2D eigenvalue weighted by molar-refractivity contribution is 5.98. The number of non-ortho nitro benzene ring substituents is 1. The van der Waals surface area contributed by atoms with Crippen molar-refractivity contribution in [1.29, 1.82) is 0 Å². The molecule has 3 rings (SSSR count). The van der Waals surface area contributed by atoms with Crippen molar-refractivity contribution in [3.63, 3.8) is 0 Å². The first-order valence-electron chi connectivity index (χ1n) is 4.99. The average molecular weight is 295 g/mol. The van der Waals surface area contributed by atoms with E-state index in [2.05, 4.69) is 20.6 Å². The molecule has 3 aromatic rings. The fraction of sp³-hybridized carbons (Fsp3) is 0. The molecule has 0 saturated heterocycles. The van der Waals surface area contributed by atoms with E-state index in [1.807, 2.05) is 0 Å². The predicted molar refractivity (Wildman–Crippen MR) is 55.1 cm³/mol. The quantitative estimate of drug-likeness (QED) is 0.140. The lowest BCUT2D eigenvalue weighted by molar-refractivity contribution is -0.865. The van der Waals surface area contributed by atoms with Gasteiger partial charge >= 0.3 is 16.1 Å². The number of aromatic nitrogens is 8. The fourth-order valence-electron chi connectivity index (χ4n) is 1.73. The highest BCUT2D eigenvalue weighted by atomic mass is 16.6. The molecule has 0 spiro atoms. The molecule has 2 heterocycles. The van der Waals surface area contributed by atoms with Crippen LogP contribution in [0.2, 0.25) is 0 Å². The number of nitro benzene ring substituents is 1. The van der Waals surface area contributed by atoms with Crippen LogP contribution < -0.4 is 19.6 Å². The van der Waals surface area contributed by atoms with Gasteiger partial charge in [-0.1, -0.05) is 0 Å². The summed E-state index contributed by atoms with van der Waals surface area (Å²) in [6, 6.07) is 0.831. The molecule has 1 aromatic carbocycles. The topological polar surface area (TPSA) is 202 Å². The van der Waals surface area contributed by atoms with Crippen LogP contribution in [0.3, 0.4) is 0 Å². The first-order valence-corrected chi connectivity index (χ1v) is 4.99. The average Bonchev–Trinajstić information content (AvgIpc) is 2.35. The third-order valence-corrected chi connectivity index (χ3v) is 2.49. The van der Waals surface area contributed by atoms with Gasteiger partial charge in [-0.15, -0.1) is 0 Å². The van der Waals surface area contributed by atoms with Gasteiger partial charge in [-0.3, -0.25) is 10.1 Å². The molecular weight excluding hydrogens is 294 g/mol. The molecule has 0 aliphatic rings. The van der Waals surface area contributed by atoms with E-state index < -0.39 is 42.6 Å². The van der Waals surface area contributed by atoms with E-state index in [9.17, 15) is 30.9 Å². The number of rotatable bonds is 1. The molecule has 0 aliphatic carbocycles. The number of hydrogen-bond acceptors (Lipinski definition) is 10. The Morgan fingerprint density at radius 3 is 1.71 bits per heavy atom. The first kappa shape index (κ1) is 12.3. The summed E-state index contributed by atoms with van der Waals surface area (Å²) < 4.78 is 0. The van der Waals surface area contributed by atoms with Crippen molar-refractivity contribution >= 4 is 27.8 Å². The number of nitro groups is 1. The summed E-state index contributed by atoms with van der Waals surface area (Å²) in [7, 11) is 0. The highest BCUT2D eigenvalue weighted by Crippen LogP contribution is 2.27. The summed E-state index contributed by atoms with van der Waals surface area (Å²) in [5.74, 6) is 0. The molecule has 0 fully saturated rings. The maximum Gasteiger partial charge on any atom is 0.347 e. The summed E-state index contributed by atoms with van der Waals surface area (Å²) in [6.45, 7) is 0. The van der Waals surface area contributed by atoms with Gasteiger partial charge in [-0.25, -0.2) is 0 Å². The Balaban J connectivity index is 2.66. The molecule has 0 saturated carbocycles. The van der Waals surface area contributed by atoms with Crippen molar-refractivity contribution in [3.8, 4) is 0 Å². The SMILES string of the molecule is O=[N+]([O-])c1c2n[n+]([O-])n[n+]([O-])c2cc2c1n[n+]([O-])n[n+]2[O-]. The zero-order valence-electron chi connectivity index (χ0n) is 9.55. The molecule has 106 valence electrons. The molecular formula is C6HN9O6. The Bertz CT molecular complexity index is 862. The van der Waals surface area contributed by atoms with Gasteiger partial charge in [0.25, 0.3) is 22.1 Å². The van der Waals surface area contributed by atoms with Crippen molar-refractivity contribution in [3.05, 3.63) is 37.0 Å². The molecule has 15 heteroatoms. The maximum absolute atomic E-state index is 11.5. The van der Waals surface area contributed by atoms with E-state index in [-0.39, 0.29) is 9.69 Å². The molecule has 21 heavy (non-hydrogen) atoms. The van der Waals surface area contributed by atoms with E-state index in [0.717, 1.165) is 6.07 Å². The molecule has 0 atom stereocenters. The van der Waals surface area contributed by atoms with Crippen LogP contribution in [0.4, 0.5) is 5.69 Å². The Morgan fingerprint density at radius 1 is 0.905 bits per heavy atom. The van der Waals surface area contributed by atoms with Gasteiger partial charge in [-0.2, -0.15) is 0 Å². The minimum absolute atomic E-state index is 0.250. The standard InChI is InChI=1S/C6HN9O6/c16-11-2-1-3-5(8-15(21)10-12(3)17)6(13(18)19)4(2)7-14(20)9-11/h1H. The van der Waals surface area contributed by atoms with Gasteiger partial charge in [0.2, 0.25) is 0 Å².